The van der Waals surface area contributed by atoms with E-state index >= 15 is 0 Å². The predicted molar refractivity (Wildman–Crippen MR) is 94.5 cm³/mol. The summed E-state index contributed by atoms with van der Waals surface area (Å²) in [7, 11) is -3.47. The van der Waals surface area contributed by atoms with Crippen molar-refractivity contribution in [3.63, 3.8) is 0 Å². The lowest BCUT2D eigenvalue weighted by atomic mass is 10.0. The fourth-order valence-electron chi connectivity index (χ4n) is 3.42. The van der Waals surface area contributed by atoms with E-state index in [0.717, 1.165) is 41.9 Å². The highest BCUT2D eigenvalue weighted by atomic mass is 32.2. The van der Waals surface area contributed by atoms with Gasteiger partial charge in [-0.25, -0.2) is 8.42 Å². The third-order valence-corrected chi connectivity index (χ3v) is 7.31. The zero-order valence-corrected chi connectivity index (χ0v) is 16.1. The Bertz CT molecular complexity index is 731. The Balaban J connectivity index is 2.24. The summed E-state index contributed by atoms with van der Waals surface area (Å²) in [5, 5.41) is 8.94. The Morgan fingerprint density at radius 2 is 1.67 bits per heavy atom. The van der Waals surface area contributed by atoms with Crippen LogP contribution < -0.4 is 4.90 Å². The quantitative estimate of drug-likeness (QED) is 0.880. The van der Waals surface area contributed by atoms with Crippen molar-refractivity contribution in [1.82, 2.24) is 4.31 Å². The van der Waals surface area contributed by atoms with E-state index in [2.05, 4.69) is 12.1 Å². The molecule has 5 nitrogen and oxygen atoms in total. The first-order valence-corrected chi connectivity index (χ1v) is 9.93. The molecule has 0 amide bonds. The molecule has 6 heteroatoms. The molecule has 0 bridgehead atoms. The standard InChI is InChI=1S/C18H27N3O2S/c1-13(11-19)12-20-6-8-21(9-7-20)24(22,23)18-16(4)14(2)10-15(3)17(18)5/h10,13H,6-9,12H2,1-5H3/p+1/t13-/m1/s1. The second kappa shape index (κ2) is 7.22. The fourth-order valence-corrected chi connectivity index (χ4v) is 5.44. The molecule has 2 rings (SSSR count). The molecule has 1 saturated heterocycles. The van der Waals surface area contributed by atoms with Gasteiger partial charge in [0.25, 0.3) is 0 Å². The first-order chi connectivity index (χ1) is 11.2. The predicted octanol–water partition coefficient (Wildman–Crippen LogP) is 0.969. The van der Waals surface area contributed by atoms with Gasteiger partial charge in [0.2, 0.25) is 10.0 Å². The molecule has 0 radical (unpaired) electrons. The number of sulfonamides is 1. The van der Waals surface area contributed by atoms with Gasteiger partial charge in [-0.1, -0.05) is 6.07 Å². The van der Waals surface area contributed by atoms with E-state index in [9.17, 15) is 8.42 Å². The lowest BCUT2D eigenvalue weighted by Crippen LogP contribution is -3.15. The molecule has 1 N–H and O–H groups in total. The normalized spacial score (nSPS) is 18.3. The molecule has 0 saturated carbocycles. The Labute approximate surface area is 145 Å². The molecule has 0 aromatic heterocycles. The molecule has 1 atom stereocenters. The fraction of sp³-hybridized carbons (Fsp3) is 0.611. The summed E-state index contributed by atoms with van der Waals surface area (Å²) in [5.41, 5.74) is 3.74. The third-order valence-electron chi connectivity index (χ3n) is 5.14. The number of rotatable bonds is 4. The van der Waals surface area contributed by atoms with Crippen LogP contribution in [0.5, 0.6) is 0 Å². The molecule has 0 aliphatic carbocycles. The van der Waals surface area contributed by atoms with Gasteiger partial charge >= 0.3 is 0 Å². The van der Waals surface area contributed by atoms with Gasteiger partial charge in [0.1, 0.15) is 0 Å². The summed E-state index contributed by atoms with van der Waals surface area (Å²) >= 11 is 0. The Morgan fingerprint density at radius 3 is 2.12 bits per heavy atom. The topological polar surface area (TPSA) is 65.6 Å². The molecule has 1 aromatic rings. The number of benzene rings is 1. The number of aryl methyl sites for hydroxylation is 2. The van der Waals surface area contributed by atoms with Gasteiger partial charge < -0.3 is 4.90 Å². The van der Waals surface area contributed by atoms with Crippen LogP contribution in [0.3, 0.4) is 0 Å². The van der Waals surface area contributed by atoms with Gasteiger partial charge in [0, 0.05) is 0 Å². The summed E-state index contributed by atoms with van der Waals surface area (Å²) in [5.74, 6) is 0.00654. The number of quaternary nitrogens is 1. The monoisotopic (exact) mass is 350 g/mol. The molecule has 0 spiro atoms. The first-order valence-electron chi connectivity index (χ1n) is 8.49. The van der Waals surface area contributed by atoms with E-state index in [1.807, 2.05) is 34.6 Å². The second-order valence-electron chi connectivity index (χ2n) is 6.98. The maximum atomic E-state index is 13.2. The van der Waals surface area contributed by atoms with Crippen LogP contribution in [0, 0.1) is 44.9 Å². The van der Waals surface area contributed by atoms with Crippen LogP contribution in [-0.4, -0.2) is 45.4 Å². The van der Waals surface area contributed by atoms with E-state index < -0.39 is 10.0 Å². The van der Waals surface area contributed by atoms with Crippen molar-refractivity contribution in [2.75, 3.05) is 32.7 Å². The molecule has 0 unspecified atom stereocenters. The minimum atomic E-state index is -3.47. The molecular weight excluding hydrogens is 322 g/mol. The van der Waals surface area contributed by atoms with Crippen LogP contribution in [0.15, 0.2) is 11.0 Å². The minimum absolute atomic E-state index is 0.00654. The summed E-state index contributed by atoms with van der Waals surface area (Å²) in [4.78, 5) is 1.79. The molecule has 24 heavy (non-hydrogen) atoms. The van der Waals surface area contributed by atoms with Crippen LogP contribution in [-0.2, 0) is 10.0 Å². The molecule has 1 heterocycles. The van der Waals surface area contributed by atoms with E-state index in [-0.39, 0.29) is 5.92 Å². The van der Waals surface area contributed by atoms with Crippen LogP contribution in [0.25, 0.3) is 0 Å². The molecular formula is C18H28N3O2S+. The number of hydrogen-bond acceptors (Lipinski definition) is 3. The van der Waals surface area contributed by atoms with Gasteiger partial charge in [-0.2, -0.15) is 9.57 Å². The second-order valence-corrected chi connectivity index (χ2v) is 8.85. The minimum Gasteiger partial charge on any atom is -0.332 e. The molecule has 1 fully saturated rings. The van der Waals surface area contributed by atoms with E-state index in [0.29, 0.717) is 18.0 Å². The highest BCUT2D eigenvalue weighted by Crippen LogP contribution is 2.28. The van der Waals surface area contributed by atoms with Crippen molar-refractivity contribution in [3.05, 3.63) is 28.3 Å². The van der Waals surface area contributed by atoms with Gasteiger partial charge in [0.05, 0.1) is 49.6 Å². The zero-order chi connectivity index (χ0) is 18.1. The van der Waals surface area contributed by atoms with Crippen LogP contribution in [0.1, 0.15) is 29.2 Å². The highest BCUT2D eigenvalue weighted by molar-refractivity contribution is 7.89. The smallest absolute Gasteiger partial charge is 0.244 e. The van der Waals surface area contributed by atoms with Crippen LogP contribution in [0.4, 0.5) is 0 Å². The number of nitrogens with one attached hydrogen (secondary N) is 1. The Morgan fingerprint density at radius 1 is 1.17 bits per heavy atom. The van der Waals surface area contributed by atoms with Crippen molar-refractivity contribution in [2.45, 2.75) is 39.5 Å². The number of nitriles is 1. The summed E-state index contributed by atoms with van der Waals surface area (Å²) in [6.07, 6.45) is 0. The van der Waals surface area contributed by atoms with Crippen molar-refractivity contribution in [2.24, 2.45) is 5.92 Å². The number of piperazine rings is 1. The lowest BCUT2D eigenvalue weighted by Gasteiger charge is -2.33. The van der Waals surface area contributed by atoms with Gasteiger partial charge in [0.15, 0.2) is 0 Å². The Hall–Kier alpha value is -1.42. The maximum Gasteiger partial charge on any atom is 0.244 e. The van der Waals surface area contributed by atoms with Crippen molar-refractivity contribution < 1.29 is 13.3 Å². The van der Waals surface area contributed by atoms with Gasteiger partial charge in [-0.3, -0.25) is 0 Å². The van der Waals surface area contributed by atoms with Crippen molar-refractivity contribution >= 4 is 10.0 Å². The average Bonchev–Trinajstić information content (AvgIpc) is 2.53. The maximum absolute atomic E-state index is 13.2. The molecule has 1 aromatic carbocycles. The van der Waals surface area contributed by atoms with E-state index in [4.69, 9.17) is 5.26 Å². The molecule has 1 aliphatic heterocycles. The van der Waals surface area contributed by atoms with E-state index in [1.165, 1.54) is 4.90 Å². The third kappa shape index (κ3) is 3.64. The summed E-state index contributed by atoms with van der Waals surface area (Å²) in [6, 6.07) is 4.30. The summed E-state index contributed by atoms with van der Waals surface area (Å²) < 4.78 is 28.0. The highest BCUT2D eigenvalue weighted by Gasteiger charge is 2.33. The van der Waals surface area contributed by atoms with E-state index in [1.54, 1.807) is 4.31 Å². The van der Waals surface area contributed by atoms with Crippen molar-refractivity contribution in [1.29, 1.82) is 5.26 Å². The molecule has 132 valence electrons. The Kier molecular flexibility index (Phi) is 5.69. The lowest BCUT2D eigenvalue weighted by molar-refractivity contribution is -0.905. The zero-order valence-electron chi connectivity index (χ0n) is 15.3. The largest absolute Gasteiger partial charge is 0.332 e. The van der Waals surface area contributed by atoms with Crippen LogP contribution in [0.2, 0.25) is 0 Å². The molecule has 1 aliphatic rings. The number of nitrogens with zero attached hydrogens (tertiary/aromatic N) is 2. The summed E-state index contributed by atoms with van der Waals surface area (Å²) in [6.45, 7) is 13.0. The SMILES string of the molecule is Cc1cc(C)c(C)c(S(=O)(=O)N2CC[NH+](C[C@H](C)C#N)CC2)c1C. The number of hydrogen-bond donors (Lipinski definition) is 1. The average molecular weight is 351 g/mol. The van der Waals surface area contributed by atoms with Crippen molar-refractivity contribution in [3.8, 4) is 6.07 Å². The first kappa shape index (κ1) is 18.9. The van der Waals surface area contributed by atoms with Gasteiger partial charge in [-0.05, 0) is 56.9 Å². The van der Waals surface area contributed by atoms with Gasteiger partial charge in [-0.15, -0.1) is 0 Å². The van der Waals surface area contributed by atoms with Crippen LogP contribution >= 0.6 is 0 Å².